The van der Waals surface area contributed by atoms with Gasteiger partial charge < -0.3 is 10.0 Å². The Morgan fingerprint density at radius 2 is 1.78 bits per heavy atom. The molecule has 2 aliphatic rings. The van der Waals surface area contributed by atoms with Gasteiger partial charge in [0.25, 0.3) is 5.91 Å². The maximum atomic E-state index is 12.3. The number of phenolic OH excluding ortho intramolecular Hbond substituents is 1. The van der Waals surface area contributed by atoms with Crippen molar-refractivity contribution in [1.29, 1.82) is 0 Å². The van der Waals surface area contributed by atoms with E-state index in [1.54, 1.807) is 24.3 Å². The molecule has 96 valence electrons. The van der Waals surface area contributed by atoms with E-state index in [0.717, 1.165) is 19.5 Å². The maximum Gasteiger partial charge on any atom is 0.253 e. The summed E-state index contributed by atoms with van der Waals surface area (Å²) in [5.74, 6) is 0.319. The van der Waals surface area contributed by atoms with Crippen LogP contribution in [0.4, 0.5) is 0 Å². The molecule has 3 nitrogen and oxygen atoms in total. The highest BCUT2D eigenvalue weighted by Gasteiger charge is 2.41. The Kier molecular flexibility index (Phi) is 2.77. The van der Waals surface area contributed by atoms with Gasteiger partial charge in [-0.05, 0) is 48.9 Å². The number of nitrogens with zero attached hydrogens (tertiary/aromatic N) is 1. The molecule has 1 N–H and O–H groups in total. The van der Waals surface area contributed by atoms with Crippen molar-refractivity contribution in [3.05, 3.63) is 29.8 Å². The zero-order chi connectivity index (χ0) is 12.6. The summed E-state index contributed by atoms with van der Waals surface area (Å²) in [4.78, 5) is 14.3. The number of carbonyl (C=O) groups is 1. The molecule has 3 heteroatoms. The van der Waals surface area contributed by atoms with E-state index in [4.69, 9.17) is 0 Å². The summed E-state index contributed by atoms with van der Waals surface area (Å²) in [6.45, 7) is 1.81. The van der Waals surface area contributed by atoms with Crippen molar-refractivity contribution in [2.24, 2.45) is 5.41 Å². The number of likely N-dealkylation sites (tertiary alicyclic amines) is 1. The van der Waals surface area contributed by atoms with Gasteiger partial charge >= 0.3 is 0 Å². The van der Waals surface area contributed by atoms with Crippen molar-refractivity contribution >= 4 is 5.91 Å². The van der Waals surface area contributed by atoms with Crippen LogP contribution in [0.3, 0.4) is 0 Å². The second-order valence-corrected chi connectivity index (χ2v) is 5.73. The van der Waals surface area contributed by atoms with Crippen LogP contribution in [0, 0.1) is 5.41 Å². The van der Waals surface area contributed by atoms with E-state index >= 15 is 0 Å². The Morgan fingerprint density at radius 1 is 1.11 bits per heavy atom. The molecule has 3 rings (SSSR count). The van der Waals surface area contributed by atoms with Gasteiger partial charge in [0.05, 0.1) is 0 Å². The summed E-state index contributed by atoms with van der Waals surface area (Å²) in [5.41, 5.74) is 1.11. The molecule has 18 heavy (non-hydrogen) atoms. The second-order valence-electron chi connectivity index (χ2n) is 5.73. The van der Waals surface area contributed by atoms with Crippen LogP contribution in [-0.2, 0) is 0 Å². The summed E-state index contributed by atoms with van der Waals surface area (Å²) >= 11 is 0. The maximum absolute atomic E-state index is 12.3. The minimum absolute atomic E-state index is 0.110. The molecule has 1 heterocycles. The minimum Gasteiger partial charge on any atom is -0.508 e. The topological polar surface area (TPSA) is 40.5 Å². The van der Waals surface area contributed by atoms with Gasteiger partial charge in [-0.15, -0.1) is 0 Å². The first-order valence-electron chi connectivity index (χ1n) is 6.77. The molecule has 0 aromatic heterocycles. The van der Waals surface area contributed by atoms with Crippen molar-refractivity contribution in [3.63, 3.8) is 0 Å². The van der Waals surface area contributed by atoms with Gasteiger partial charge in [0, 0.05) is 18.7 Å². The zero-order valence-electron chi connectivity index (χ0n) is 10.6. The molecule has 0 atom stereocenters. The van der Waals surface area contributed by atoms with E-state index in [-0.39, 0.29) is 11.7 Å². The first-order valence-corrected chi connectivity index (χ1v) is 6.77. The summed E-state index contributed by atoms with van der Waals surface area (Å²) < 4.78 is 0. The Labute approximate surface area is 107 Å². The van der Waals surface area contributed by atoms with Gasteiger partial charge in [0.15, 0.2) is 0 Å². The number of rotatable bonds is 1. The molecule has 1 saturated carbocycles. The van der Waals surface area contributed by atoms with Crippen molar-refractivity contribution < 1.29 is 9.90 Å². The summed E-state index contributed by atoms with van der Waals surface area (Å²) in [7, 11) is 0. The summed E-state index contributed by atoms with van der Waals surface area (Å²) in [6.07, 6.45) is 6.37. The number of hydrogen-bond acceptors (Lipinski definition) is 2. The first kappa shape index (κ1) is 11.6. The molecule has 0 unspecified atom stereocenters. The van der Waals surface area contributed by atoms with Crippen LogP contribution in [0.15, 0.2) is 24.3 Å². The van der Waals surface area contributed by atoms with E-state index in [0.29, 0.717) is 11.0 Å². The molecule has 1 spiro atoms. The molecule has 1 aromatic rings. The fourth-order valence-corrected chi connectivity index (χ4v) is 3.43. The first-order chi connectivity index (χ1) is 8.69. The molecule has 1 amide bonds. The quantitative estimate of drug-likeness (QED) is 0.826. The fourth-order valence-electron chi connectivity index (χ4n) is 3.43. The van der Waals surface area contributed by atoms with Crippen molar-refractivity contribution in [1.82, 2.24) is 4.90 Å². The highest BCUT2D eigenvalue weighted by molar-refractivity contribution is 5.94. The van der Waals surface area contributed by atoms with E-state index in [1.165, 1.54) is 25.7 Å². The van der Waals surface area contributed by atoms with Crippen LogP contribution < -0.4 is 0 Å². The van der Waals surface area contributed by atoms with Crippen LogP contribution in [0.5, 0.6) is 5.75 Å². The van der Waals surface area contributed by atoms with E-state index in [1.807, 2.05) is 4.90 Å². The number of aromatic hydroxyl groups is 1. The summed E-state index contributed by atoms with van der Waals surface area (Å²) in [5, 5.41) is 9.25. The second kappa shape index (κ2) is 4.30. The lowest BCUT2D eigenvalue weighted by molar-refractivity contribution is 0.0773. The minimum atomic E-state index is 0.110. The van der Waals surface area contributed by atoms with Crippen molar-refractivity contribution in [3.8, 4) is 5.75 Å². The Morgan fingerprint density at radius 3 is 2.44 bits per heavy atom. The van der Waals surface area contributed by atoms with E-state index in [9.17, 15) is 9.90 Å². The van der Waals surface area contributed by atoms with E-state index in [2.05, 4.69) is 0 Å². The average molecular weight is 245 g/mol. The highest BCUT2D eigenvalue weighted by Crippen LogP contribution is 2.45. The molecular weight excluding hydrogens is 226 g/mol. The number of phenols is 1. The van der Waals surface area contributed by atoms with Gasteiger partial charge in [0.2, 0.25) is 0 Å². The number of benzene rings is 1. The van der Waals surface area contributed by atoms with Gasteiger partial charge in [-0.3, -0.25) is 4.79 Å². The number of hydrogen-bond donors (Lipinski definition) is 1. The lowest BCUT2D eigenvalue weighted by Gasteiger charge is -2.23. The predicted molar refractivity (Wildman–Crippen MR) is 69.5 cm³/mol. The molecular formula is C15H19NO2. The summed E-state index contributed by atoms with van der Waals surface area (Å²) in [6, 6.07) is 6.57. The van der Waals surface area contributed by atoms with Crippen LogP contribution in [0.2, 0.25) is 0 Å². The Balaban J connectivity index is 1.72. The third-order valence-electron chi connectivity index (χ3n) is 4.50. The van der Waals surface area contributed by atoms with Gasteiger partial charge in [-0.25, -0.2) is 0 Å². The fraction of sp³-hybridized carbons (Fsp3) is 0.533. The predicted octanol–water partition coefficient (Wildman–Crippen LogP) is 2.80. The van der Waals surface area contributed by atoms with Crippen molar-refractivity contribution in [2.45, 2.75) is 32.1 Å². The Hall–Kier alpha value is -1.51. The molecule has 1 saturated heterocycles. The monoisotopic (exact) mass is 245 g/mol. The van der Waals surface area contributed by atoms with Crippen LogP contribution in [-0.4, -0.2) is 29.0 Å². The normalized spacial score (nSPS) is 21.7. The Bertz CT molecular complexity index is 446. The third-order valence-corrected chi connectivity index (χ3v) is 4.50. The third kappa shape index (κ3) is 1.98. The largest absolute Gasteiger partial charge is 0.508 e. The standard InChI is InChI=1S/C15H19NO2/c17-13-5-3-12(4-6-13)14(18)16-10-9-15(11-16)7-1-2-8-15/h3-6,17H,1-2,7-11H2. The average Bonchev–Trinajstić information content (AvgIpc) is 3.01. The van der Waals surface area contributed by atoms with Crippen LogP contribution in [0.1, 0.15) is 42.5 Å². The zero-order valence-corrected chi connectivity index (χ0v) is 10.6. The molecule has 1 aliphatic carbocycles. The highest BCUT2D eigenvalue weighted by atomic mass is 16.3. The van der Waals surface area contributed by atoms with Gasteiger partial charge in [-0.2, -0.15) is 0 Å². The molecule has 1 aliphatic heterocycles. The lowest BCUT2D eigenvalue weighted by atomic mass is 9.86. The van der Waals surface area contributed by atoms with Crippen LogP contribution in [0.25, 0.3) is 0 Å². The smallest absolute Gasteiger partial charge is 0.253 e. The number of carbonyl (C=O) groups excluding carboxylic acids is 1. The lowest BCUT2D eigenvalue weighted by Crippen LogP contribution is -2.31. The SMILES string of the molecule is O=C(c1ccc(O)cc1)N1CCC2(CCCC2)C1. The van der Waals surface area contributed by atoms with Gasteiger partial charge in [0.1, 0.15) is 5.75 Å². The van der Waals surface area contributed by atoms with Gasteiger partial charge in [-0.1, -0.05) is 12.8 Å². The number of amides is 1. The van der Waals surface area contributed by atoms with Crippen LogP contribution >= 0.6 is 0 Å². The molecule has 2 fully saturated rings. The van der Waals surface area contributed by atoms with E-state index < -0.39 is 0 Å². The molecule has 0 bridgehead atoms. The molecule has 0 radical (unpaired) electrons. The molecule has 1 aromatic carbocycles. The van der Waals surface area contributed by atoms with Crippen molar-refractivity contribution in [2.75, 3.05) is 13.1 Å².